The summed E-state index contributed by atoms with van der Waals surface area (Å²) in [6, 6.07) is 0.0428. The Morgan fingerprint density at radius 1 is 1.27 bits per heavy atom. The molecule has 1 fully saturated rings. The zero-order valence-corrected chi connectivity index (χ0v) is 14.9. The molecule has 126 valence electrons. The number of amides is 1. The average molecular weight is 308 g/mol. The van der Waals surface area contributed by atoms with Crippen LogP contribution in [0.1, 0.15) is 53.9 Å². The zero-order chi connectivity index (χ0) is 17.0. The van der Waals surface area contributed by atoms with Crippen molar-refractivity contribution in [3.8, 4) is 0 Å². The van der Waals surface area contributed by atoms with Crippen LogP contribution in [-0.2, 0) is 9.63 Å². The molecule has 0 aromatic carbocycles. The molecule has 0 aromatic heterocycles. The van der Waals surface area contributed by atoms with Crippen LogP contribution in [0.4, 0.5) is 0 Å². The van der Waals surface area contributed by atoms with E-state index in [0.717, 1.165) is 12.8 Å². The first-order valence-electron chi connectivity index (χ1n) is 8.25. The van der Waals surface area contributed by atoms with Gasteiger partial charge >= 0.3 is 0 Å². The van der Waals surface area contributed by atoms with Crippen molar-refractivity contribution in [1.82, 2.24) is 9.96 Å². The normalized spacial score (nSPS) is 33.6. The molecule has 1 heterocycles. The van der Waals surface area contributed by atoms with Gasteiger partial charge in [0, 0.05) is 19.0 Å². The van der Waals surface area contributed by atoms with E-state index in [-0.39, 0.29) is 23.0 Å². The van der Waals surface area contributed by atoms with Gasteiger partial charge in [0.25, 0.3) is 0 Å². The van der Waals surface area contributed by atoms with E-state index in [1.165, 1.54) is 0 Å². The van der Waals surface area contributed by atoms with Gasteiger partial charge in [-0.15, -0.1) is 13.2 Å². The molecule has 4 heteroatoms. The minimum absolute atomic E-state index is 0.0428. The summed E-state index contributed by atoms with van der Waals surface area (Å²) in [5.74, 6) is 0.168. The summed E-state index contributed by atoms with van der Waals surface area (Å²) in [7, 11) is 0. The van der Waals surface area contributed by atoms with Gasteiger partial charge in [-0.05, 0) is 33.6 Å². The second kappa shape index (κ2) is 7.42. The summed E-state index contributed by atoms with van der Waals surface area (Å²) in [5, 5.41) is 2.08. The van der Waals surface area contributed by atoms with Gasteiger partial charge in [0.2, 0.25) is 5.91 Å². The van der Waals surface area contributed by atoms with Crippen LogP contribution in [0, 0.1) is 0 Å². The van der Waals surface area contributed by atoms with Crippen molar-refractivity contribution >= 4 is 5.91 Å². The molecule has 1 aliphatic rings. The largest absolute Gasteiger partial charge is 0.334 e. The van der Waals surface area contributed by atoms with E-state index in [9.17, 15) is 4.79 Å². The highest BCUT2D eigenvalue weighted by molar-refractivity contribution is 5.78. The molecule has 0 bridgehead atoms. The van der Waals surface area contributed by atoms with Crippen LogP contribution < -0.4 is 0 Å². The molecule has 1 amide bonds. The SMILES string of the molecule is C=CCON1C(C)(CC)CC(=O)N(CC=C)C(C)C1(C)CC. The molecular weight excluding hydrogens is 276 g/mol. The first-order valence-corrected chi connectivity index (χ1v) is 8.25. The molecule has 1 rings (SSSR count). The van der Waals surface area contributed by atoms with E-state index in [1.807, 2.05) is 4.90 Å². The topological polar surface area (TPSA) is 32.8 Å². The summed E-state index contributed by atoms with van der Waals surface area (Å²) < 4.78 is 0. The maximum Gasteiger partial charge on any atom is 0.225 e. The van der Waals surface area contributed by atoms with E-state index in [2.05, 4.69) is 52.8 Å². The third-order valence-corrected chi connectivity index (χ3v) is 5.30. The third-order valence-electron chi connectivity index (χ3n) is 5.30. The zero-order valence-electron chi connectivity index (χ0n) is 14.9. The molecule has 4 nitrogen and oxygen atoms in total. The van der Waals surface area contributed by atoms with Crippen LogP contribution in [0.5, 0.6) is 0 Å². The lowest BCUT2D eigenvalue weighted by Crippen LogP contribution is -2.62. The van der Waals surface area contributed by atoms with E-state index in [1.54, 1.807) is 12.2 Å². The lowest BCUT2D eigenvalue weighted by Gasteiger charge is -2.50. The lowest BCUT2D eigenvalue weighted by molar-refractivity contribution is -0.272. The molecule has 0 spiro atoms. The van der Waals surface area contributed by atoms with E-state index in [4.69, 9.17) is 4.84 Å². The molecule has 3 unspecified atom stereocenters. The second-order valence-corrected chi connectivity index (χ2v) is 6.63. The van der Waals surface area contributed by atoms with Crippen molar-refractivity contribution in [3.63, 3.8) is 0 Å². The number of hydroxylamine groups is 2. The van der Waals surface area contributed by atoms with Crippen LogP contribution in [0.3, 0.4) is 0 Å². The lowest BCUT2D eigenvalue weighted by atomic mass is 9.85. The fourth-order valence-electron chi connectivity index (χ4n) is 3.37. The minimum Gasteiger partial charge on any atom is -0.334 e. The molecule has 0 aliphatic carbocycles. The Morgan fingerprint density at radius 3 is 2.36 bits per heavy atom. The van der Waals surface area contributed by atoms with Gasteiger partial charge in [0.05, 0.1) is 17.7 Å². The first-order chi connectivity index (χ1) is 10.3. The second-order valence-electron chi connectivity index (χ2n) is 6.63. The van der Waals surface area contributed by atoms with Gasteiger partial charge in [-0.25, -0.2) is 0 Å². The molecule has 0 radical (unpaired) electrons. The minimum atomic E-state index is -0.324. The number of carbonyl (C=O) groups excluding carboxylic acids is 1. The standard InChI is InChI=1S/C18H32N2O2/c1-8-12-19-15(5)18(7,11-4)20(22-13-9-2)17(6,10-3)14-16(19)21/h8-9,15H,1-2,10-14H2,3-7H3. The van der Waals surface area contributed by atoms with E-state index < -0.39 is 0 Å². The Balaban J connectivity index is 3.37. The third kappa shape index (κ3) is 3.28. The highest BCUT2D eigenvalue weighted by atomic mass is 16.7. The highest BCUT2D eigenvalue weighted by Crippen LogP contribution is 2.40. The molecule has 22 heavy (non-hydrogen) atoms. The fraction of sp³-hybridized carbons (Fsp3) is 0.722. The summed E-state index contributed by atoms with van der Waals surface area (Å²) in [4.78, 5) is 20.8. The van der Waals surface area contributed by atoms with Crippen LogP contribution >= 0.6 is 0 Å². The Bertz CT molecular complexity index is 423. The fourth-order valence-corrected chi connectivity index (χ4v) is 3.37. The van der Waals surface area contributed by atoms with Crippen molar-refractivity contribution in [2.45, 2.75) is 71.0 Å². The van der Waals surface area contributed by atoms with Crippen molar-refractivity contribution < 1.29 is 9.63 Å². The van der Waals surface area contributed by atoms with Gasteiger partial charge in [-0.3, -0.25) is 9.63 Å². The van der Waals surface area contributed by atoms with Gasteiger partial charge in [-0.1, -0.05) is 26.0 Å². The molecular formula is C18H32N2O2. The van der Waals surface area contributed by atoms with Crippen molar-refractivity contribution in [2.75, 3.05) is 13.2 Å². The molecule has 0 saturated carbocycles. The van der Waals surface area contributed by atoms with E-state index in [0.29, 0.717) is 19.6 Å². The van der Waals surface area contributed by atoms with Gasteiger partial charge in [0.15, 0.2) is 0 Å². The Kier molecular flexibility index (Phi) is 6.38. The predicted octanol–water partition coefficient (Wildman–Crippen LogP) is 3.55. The van der Waals surface area contributed by atoms with Crippen LogP contribution in [-0.4, -0.2) is 46.1 Å². The Morgan fingerprint density at radius 2 is 1.91 bits per heavy atom. The number of rotatable bonds is 7. The van der Waals surface area contributed by atoms with Crippen molar-refractivity contribution in [2.24, 2.45) is 0 Å². The van der Waals surface area contributed by atoms with Crippen LogP contribution in [0.15, 0.2) is 25.3 Å². The monoisotopic (exact) mass is 308 g/mol. The summed E-state index contributed by atoms with van der Waals surface area (Å²) >= 11 is 0. The number of nitrogens with zero attached hydrogens (tertiary/aromatic N) is 2. The van der Waals surface area contributed by atoms with Crippen LogP contribution in [0.25, 0.3) is 0 Å². The first kappa shape index (κ1) is 18.9. The molecule has 0 aromatic rings. The summed E-state index contributed by atoms with van der Waals surface area (Å²) in [6.07, 6.45) is 5.75. The smallest absolute Gasteiger partial charge is 0.225 e. The summed E-state index contributed by atoms with van der Waals surface area (Å²) in [6.45, 7) is 19.3. The van der Waals surface area contributed by atoms with Crippen molar-refractivity contribution in [3.05, 3.63) is 25.3 Å². The Labute approximate surface area is 135 Å². The Hall–Kier alpha value is -1.13. The molecule has 0 N–H and O–H groups in total. The number of carbonyl (C=O) groups is 1. The maximum atomic E-state index is 12.8. The average Bonchev–Trinajstić information content (AvgIpc) is 2.56. The van der Waals surface area contributed by atoms with E-state index >= 15 is 0 Å². The van der Waals surface area contributed by atoms with Gasteiger partial charge in [-0.2, -0.15) is 5.06 Å². The molecule has 1 saturated heterocycles. The maximum absolute atomic E-state index is 12.8. The highest BCUT2D eigenvalue weighted by Gasteiger charge is 2.52. The van der Waals surface area contributed by atoms with Gasteiger partial charge < -0.3 is 4.90 Å². The molecule has 3 atom stereocenters. The van der Waals surface area contributed by atoms with Crippen LogP contribution in [0.2, 0.25) is 0 Å². The predicted molar refractivity (Wildman–Crippen MR) is 91.4 cm³/mol. The van der Waals surface area contributed by atoms with Gasteiger partial charge in [0.1, 0.15) is 0 Å². The molecule has 1 aliphatic heterocycles. The number of hydrogen-bond donors (Lipinski definition) is 0. The quantitative estimate of drug-likeness (QED) is 0.674. The summed E-state index contributed by atoms with van der Waals surface area (Å²) in [5.41, 5.74) is -0.585. The number of hydrogen-bond acceptors (Lipinski definition) is 3. The van der Waals surface area contributed by atoms with Crippen molar-refractivity contribution in [1.29, 1.82) is 0 Å².